The van der Waals surface area contributed by atoms with Gasteiger partial charge in [0.2, 0.25) is 0 Å². The lowest BCUT2D eigenvalue weighted by molar-refractivity contribution is -0.119. The number of esters is 1. The first-order chi connectivity index (χ1) is 14.1. The van der Waals surface area contributed by atoms with E-state index in [1.165, 1.54) is 22.7 Å². The molecule has 0 spiro atoms. The average molecular weight is 425 g/mol. The average Bonchev–Trinajstić information content (AvgIpc) is 3.47. The van der Waals surface area contributed by atoms with Gasteiger partial charge in [-0.05, 0) is 30.5 Å². The third kappa shape index (κ3) is 4.41. The fourth-order valence-corrected chi connectivity index (χ4v) is 4.03. The predicted molar refractivity (Wildman–Crippen MR) is 113 cm³/mol. The van der Waals surface area contributed by atoms with Crippen molar-refractivity contribution in [3.05, 3.63) is 70.7 Å². The minimum absolute atomic E-state index is 0.300. The van der Waals surface area contributed by atoms with Crippen LogP contribution in [0.25, 0.3) is 16.3 Å². The molecule has 0 fully saturated rings. The number of thiophene rings is 1. The predicted octanol–water partition coefficient (Wildman–Crippen LogP) is 4.16. The van der Waals surface area contributed by atoms with Gasteiger partial charge in [-0.1, -0.05) is 24.3 Å². The quantitative estimate of drug-likeness (QED) is 0.470. The summed E-state index contributed by atoms with van der Waals surface area (Å²) in [5.74, 6) is -1.05. The van der Waals surface area contributed by atoms with Crippen LogP contribution in [0, 0.1) is 6.92 Å². The van der Waals surface area contributed by atoms with Gasteiger partial charge in [0.1, 0.15) is 11.3 Å². The van der Waals surface area contributed by atoms with Crippen LogP contribution < -0.4 is 5.32 Å². The van der Waals surface area contributed by atoms with Crippen molar-refractivity contribution in [2.24, 2.45) is 0 Å². The van der Waals surface area contributed by atoms with Gasteiger partial charge < -0.3 is 4.74 Å². The number of hydrogen-bond acceptors (Lipinski definition) is 7. The van der Waals surface area contributed by atoms with Crippen LogP contribution in [0.5, 0.6) is 0 Å². The Kier molecular flexibility index (Phi) is 5.50. The number of aromatic nitrogens is 3. The molecule has 0 radical (unpaired) electrons. The maximum atomic E-state index is 12.7. The van der Waals surface area contributed by atoms with Crippen LogP contribution >= 0.6 is 22.7 Å². The number of rotatable bonds is 6. The SMILES string of the molecule is Cc1csc(NC(=O)COC(=O)c2cn(-c3ccccc3)nc2-c2cccs2)n1. The zero-order valence-electron chi connectivity index (χ0n) is 15.4. The molecular formula is C20H16N4O3S2. The molecule has 3 aromatic heterocycles. The standard InChI is InChI=1S/C20H16N4O3S2/c1-13-12-29-20(21-13)22-17(25)11-27-19(26)15-10-24(14-6-3-2-4-7-14)23-18(15)16-8-5-9-28-16/h2-10,12H,11H2,1H3,(H,21,22,25). The number of para-hydroxylation sites is 1. The van der Waals surface area contributed by atoms with Gasteiger partial charge in [-0.2, -0.15) is 5.10 Å². The first-order valence-electron chi connectivity index (χ1n) is 8.68. The summed E-state index contributed by atoms with van der Waals surface area (Å²) in [7, 11) is 0. The summed E-state index contributed by atoms with van der Waals surface area (Å²) in [4.78, 5) is 29.8. The highest BCUT2D eigenvalue weighted by molar-refractivity contribution is 7.14. The van der Waals surface area contributed by atoms with Crippen LogP contribution in [0.1, 0.15) is 16.1 Å². The van der Waals surface area contributed by atoms with E-state index < -0.39 is 18.5 Å². The van der Waals surface area contributed by atoms with E-state index in [0.717, 1.165) is 16.3 Å². The largest absolute Gasteiger partial charge is 0.452 e. The van der Waals surface area contributed by atoms with E-state index >= 15 is 0 Å². The summed E-state index contributed by atoms with van der Waals surface area (Å²) in [5, 5.41) is 11.4. The van der Waals surface area contributed by atoms with Crippen molar-refractivity contribution in [3.8, 4) is 16.3 Å². The Morgan fingerprint density at radius 3 is 2.66 bits per heavy atom. The molecule has 0 atom stereocenters. The number of benzene rings is 1. The molecule has 0 unspecified atom stereocenters. The molecule has 0 aliphatic heterocycles. The second-order valence-electron chi connectivity index (χ2n) is 6.07. The van der Waals surface area contributed by atoms with Crippen molar-refractivity contribution in [2.75, 3.05) is 11.9 Å². The molecule has 0 saturated carbocycles. The van der Waals surface area contributed by atoms with E-state index in [4.69, 9.17) is 4.74 Å². The Morgan fingerprint density at radius 2 is 1.97 bits per heavy atom. The summed E-state index contributed by atoms with van der Waals surface area (Å²) < 4.78 is 6.86. The molecule has 3 heterocycles. The molecule has 1 amide bonds. The Hall–Kier alpha value is -3.30. The van der Waals surface area contributed by atoms with E-state index in [9.17, 15) is 9.59 Å². The third-order valence-corrected chi connectivity index (χ3v) is 5.66. The summed E-state index contributed by atoms with van der Waals surface area (Å²) >= 11 is 2.79. The van der Waals surface area contributed by atoms with Gasteiger partial charge in [0.05, 0.1) is 16.3 Å². The van der Waals surface area contributed by atoms with Gasteiger partial charge in [0.15, 0.2) is 11.7 Å². The maximum Gasteiger partial charge on any atom is 0.342 e. The van der Waals surface area contributed by atoms with E-state index in [0.29, 0.717) is 16.4 Å². The van der Waals surface area contributed by atoms with Gasteiger partial charge in [-0.15, -0.1) is 22.7 Å². The van der Waals surface area contributed by atoms with Gasteiger partial charge in [-0.25, -0.2) is 14.5 Å². The first kappa shape index (κ1) is 19.0. The van der Waals surface area contributed by atoms with Crippen LogP contribution in [0.3, 0.4) is 0 Å². The van der Waals surface area contributed by atoms with Gasteiger partial charge in [0.25, 0.3) is 5.91 Å². The monoisotopic (exact) mass is 424 g/mol. The van der Waals surface area contributed by atoms with Crippen LogP contribution in [0.2, 0.25) is 0 Å². The number of carbonyl (C=O) groups excluding carboxylic acids is 2. The third-order valence-electron chi connectivity index (χ3n) is 3.91. The van der Waals surface area contributed by atoms with Crippen LogP contribution in [-0.2, 0) is 9.53 Å². The highest BCUT2D eigenvalue weighted by Crippen LogP contribution is 2.28. The summed E-state index contributed by atoms with van der Waals surface area (Å²) in [6, 6.07) is 13.3. The zero-order valence-corrected chi connectivity index (χ0v) is 17.0. The highest BCUT2D eigenvalue weighted by Gasteiger charge is 2.21. The fourth-order valence-electron chi connectivity index (χ4n) is 2.61. The van der Waals surface area contributed by atoms with E-state index in [-0.39, 0.29) is 0 Å². The van der Waals surface area contributed by atoms with Gasteiger partial charge >= 0.3 is 5.97 Å². The lowest BCUT2D eigenvalue weighted by atomic mass is 10.2. The lowest BCUT2D eigenvalue weighted by Gasteiger charge is -2.04. The van der Waals surface area contributed by atoms with E-state index in [1.54, 1.807) is 10.9 Å². The Bertz CT molecular complexity index is 1130. The number of hydrogen-bond donors (Lipinski definition) is 1. The number of amides is 1. The molecule has 9 heteroatoms. The molecule has 7 nitrogen and oxygen atoms in total. The molecule has 0 saturated heterocycles. The molecule has 0 aliphatic carbocycles. The Labute approximate surface area is 174 Å². The maximum absolute atomic E-state index is 12.7. The number of aryl methyl sites for hydroxylation is 1. The van der Waals surface area contributed by atoms with Crippen LogP contribution in [0.4, 0.5) is 5.13 Å². The number of carbonyl (C=O) groups is 2. The second-order valence-corrected chi connectivity index (χ2v) is 7.87. The Morgan fingerprint density at radius 1 is 1.14 bits per heavy atom. The number of anilines is 1. The van der Waals surface area contributed by atoms with Crippen molar-refractivity contribution < 1.29 is 14.3 Å². The normalized spacial score (nSPS) is 10.7. The molecular weight excluding hydrogens is 408 g/mol. The van der Waals surface area contributed by atoms with Gasteiger partial charge in [0, 0.05) is 11.6 Å². The molecule has 1 N–H and O–H groups in total. The Balaban J connectivity index is 1.52. The number of thiazole rings is 1. The molecule has 4 rings (SSSR count). The molecule has 29 heavy (non-hydrogen) atoms. The fraction of sp³-hybridized carbons (Fsp3) is 0.100. The van der Waals surface area contributed by atoms with E-state index in [1.807, 2.05) is 60.1 Å². The van der Waals surface area contributed by atoms with Crippen molar-refractivity contribution in [1.82, 2.24) is 14.8 Å². The van der Waals surface area contributed by atoms with Crippen LogP contribution in [0.15, 0.2) is 59.4 Å². The molecule has 1 aromatic carbocycles. The van der Waals surface area contributed by atoms with Crippen LogP contribution in [-0.4, -0.2) is 33.2 Å². The van der Waals surface area contributed by atoms with Crippen molar-refractivity contribution in [3.63, 3.8) is 0 Å². The lowest BCUT2D eigenvalue weighted by Crippen LogP contribution is -2.21. The van der Waals surface area contributed by atoms with Gasteiger partial charge in [-0.3, -0.25) is 10.1 Å². The van der Waals surface area contributed by atoms with Crippen molar-refractivity contribution in [2.45, 2.75) is 6.92 Å². The molecule has 4 aromatic rings. The topological polar surface area (TPSA) is 86.1 Å². The van der Waals surface area contributed by atoms with Crippen molar-refractivity contribution >= 4 is 39.7 Å². The highest BCUT2D eigenvalue weighted by atomic mass is 32.1. The summed E-state index contributed by atoms with van der Waals surface area (Å²) in [5.41, 5.74) is 2.46. The number of ether oxygens (including phenoxy) is 1. The number of nitrogens with one attached hydrogen (secondary N) is 1. The smallest absolute Gasteiger partial charge is 0.342 e. The minimum atomic E-state index is -0.610. The van der Waals surface area contributed by atoms with E-state index in [2.05, 4.69) is 15.4 Å². The number of nitrogens with zero attached hydrogens (tertiary/aromatic N) is 3. The zero-order chi connectivity index (χ0) is 20.2. The summed E-state index contributed by atoms with van der Waals surface area (Å²) in [6.07, 6.45) is 1.62. The molecule has 0 aliphatic rings. The second kappa shape index (κ2) is 8.38. The molecule has 146 valence electrons. The first-order valence-corrected chi connectivity index (χ1v) is 10.4. The minimum Gasteiger partial charge on any atom is -0.452 e. The summed E-state index contributed by atoms with van der Waals surface area (Å²) in [6.45, 7) is 1.43. The van der Waals surface area contributed by atoms with Crippen molar-refractivity contribution in [1.29, 1.82) is 0 Å². The molecule has 0 bridgehead atoms.